The molecule has 114 valence electrons. The lowest BCUT2D eigenvalue weighted by molar-refractivity contribution is 0.202. The van der Waals surface area contributed by atoms with Crippen molar-refractivity contribution in [3.63, 3.8) is 0 Å². The van der Waals surface area contributed by atoms with Crippen LogP contribution in [-0.4, -0.2) is 18.7 Å². The minimum Gasteiger partial charge on any atom is -0.490 e. The van der Waals surface area contributed by atoms with Crippen LogP contribution in [0.2, 0.25) is 0 Å². The Labute approximate surface area is 128 Å². The molecular formula is C18H26N2O. The Bertz CT molecular complexity index is 515. The van der Waals surface area contributed by atoms with E-state index in [-0.39, 0.29) is 11.5 Å². The maximum Gasteiger partial charge on any atom is 0.119 e. The molecule has 3 nitrogen and oxygen atoms in total. The Morgan fingerprint density at radius 1 is 1.38 bits per heavy atom. The molecule has 2 unspecified atom stereocenters. The van der Waals surface area contributed by atoms with E-state index in [0.29, 0.717) is 0 Å². The van der Waals surface area contributed by atoms with E-state index in [4.69, 9.17) is 4.74 Å². The molecule has 1 fully saturated rings. The maximum absolute atomic E-state index is 9.29. The van der Waals surface area contributed by atoms with Crippen LogP contribution in [0.25, 0.3) is 0 Å². The third kappa shape index (κ3) is 3.39. The standard InChI is InChI=1S/C18H26N2O/c1-5-17(2,3)14-6-8-15(9-7-14)21-16-10-11-18(12-16,13-19)20-4/h6-9,16,20H,5,10-12H2,1-4H3. The molecule has 0 bridgehead atoms. The van der Waals surface area contributed by atoms with Gasteiger partial charge < -0.3 is 10.1 Å². The van der Waals surface area contributed by atoms with Gasteiger partial charge in [-0.25, -0.2) is 0 Å². The molecule has 1 saturated carbocycles. The largest absolute Gasteiger partial charge is 0.490 e. The first-order valence-corrected chi connectivity index (χ1v) is 7.82. The molecular weight excluding hydrogens is 260 g/mol. The van der Waals surface area contributed by atoms with Crippen molar-refractivity contribution < 1.29 is 4.74 Å². The van der Waals surface area contributed by atoms with Gasteiger partial charge in [-0.3, -0.25) is 0 Å². The van der Waals surface area contributed by atoms with Gasteiger partial charge in [-0.05, 0) is 49.4 Å². The Morgan fingerprint density at radius 3 is 2.52 bits per heavy atom. The second-order valence-electron chi connectivity index (χ2n) is 6.69. The van der Waals surface area contributed by atoms with Gasteiger partial charge >= 0.3 is 0 Å². The Balaban J connectivity index is 2.01. The highest BCUT2D eigenvalue weighted by molar-refractivity contribution is 5.32. The van der Waals surface area contributed by atoms with E-state index >= 15 is 0 Å². The molecule has 0 aromatic heterocycles. The first-order chi connectivity index (χ1) is 9.94. The first-order valence-electron chi connectivity index (χ1n) is 7.82. The number of benzene rings is 1. The zero-order chi connectivity index (χ0) is 15.5. The van der Waals surface area contributed by atoms with E-state index in [2.05, 4.69) is 56.4 Å². The van der Waals surface area contributed by atoms with Crippen LogP contribution in [0.3, 0.4) is 0 Å². The maximum atomic E-state index is 9.29. The molecule has 1 aromatic rings. The van der Waals surface area contributed by atoms with Gasteiger partial charge in [0, 0.05) is 6.42 Å². The smallest absolute Gasteiger partial charge is 0.119 e. The summed E-state index contributed by atoms with van der Waals surface area (Å²) in [6.07, 6.45) is 3.77. The van der Waals surface area contributed by atoms with Gasteiger partial charge in [-0.15, -0.1) is 0 Å². The third-order valence-electron chi connectivity index (χ3n) is 4.98. The normalized spacial score (nSPS) is 25.6. The summed E-state index contributed by atoms with van der Waals surface area (Å²) in [5.41, 5.74) is 1.13. The summed E-state index contributed by atoms with van der Waals surface area (Å²) in [7, 11) is 1.85. The molecule has 2 atom stereocenters. The molecule has 2 rings (SSSR count). The summed E-state index contributed by atoms with van der Waals surface area (Å²) in [5.74, 6) is 0.903. The van der Waals surface area contributed by atoms with Crippen LogP contribution >= 0.6 is 0 Å². The highest BCUT2D eigenvalue weighted by Crippen LogP contribution is 2.33. The summed E-state index contributed by atoms with van der Waals surface area (Å²) in [6.45, 7) is 6.73. The molecule has 0 amide bonds. The van der Waals surface area contributed by atoms with Gasteiger partial charge in [0.05, 0.1) is 6.07 Å². The summed E-state index contributed by atoms with van der Waals surface area (Å²) in [6, 6.07) is 10.8. The fraction of sp³-hybridized carbons (Fsp3) is 0.611. The average molecular weight is 286 g/mol. The molecule has 0 spiro atoms. The minimum absolute atomic E-state index is 0.127. The van der Waals surface area contributed by atoms with E-state index < -0.39 is 5.54 Å². The van der Waals surface area contributed by atoms with Gasteiger partial charge in [0.2, 0.25) is 0 Å². The van der Waals surface area contributed by atoms with Crippen molar-refractivity contribution >= 4 is 0 Å². The van der Waals surface area contributed by atoms with Crippen LogP contribution in [-0.2, 0) is 5.41 Å². The molecule has 1 aromatic carbocycles. The number of nitrogens with zero attached hydrogens (tertiary/aromatic N) is 1. The van der Waals surface area contributed by atoms with Crippen molar-refractivity contribution in [1.29, 1.82) is 5.26 Å². The zero-order valence-electron chi connectivity index (χ0n) is 13.6. The van der Waals surface area contributed by atoms with Crippen LogP contribution in [0.5, 0.6) is 5.75 Å². The van der Waals surface area contributed by atoms with Crippen LogP contribution < -0.4 is 10.1 Å². The molecule has 0 radical (unpaired) electrons. The van der Waals surface area contributed by atoms with E-state index in [1.165, 1.54) is 5.56 Å². The predicted octanol–water partition coefficient (Wildman–Crippen LogP) is 3.79. The van der Waals surface area contributed by atoms with Gasteiger partial charge in [0.25, 0.3) is 0 Å². The molecule has 0 saturated heterocycles. The van der Waals surface area contributed by atoms with Crippen molar-refractivity contribution in [1.82, 2.24) is 5.32 Å². The van der Waals surface area contributed by atoms with Crippen molar-refractivity contribution in [2.45, 2.75) is 63.5 Å². The number of ether oxygens (including phenoxy) is 1. The number of hydrogen-bond donors (Lipinski definition) is 1. The first kappa shape index (κ1) is 15.9. The molecule has 0 heterocycles. The molecule has 0 aliphatic heterocycles. The Hall–Kier alpha value is -1.53. The number of nitriles is 1. The van der Waals surface area contributed by atoms with Crippen molar-refractivity contribution in [3.05, 3.63) is 29.8 Å². The fourth-order valence-electron chi connectivity index (χ4n) is 2.87. The molecule has 3 heteroatoms. The molecule has 1 aliphatic rings. The molecule has 1 N–H and O–H groups in total. The number of rotatable bonds is 5. The lowest BCUT2D eigenvalue weighted by Gasteiger charge is -2.24. The van der Waals surface area contributed by atoms with Crippen LogP contribution in [0.15, 0.2) is 24.3 Å². The predicted molar refractivity (Wildman–Crippen MR) is 85.4 cm³/mol. The SMILES string of the molecule is CCC(C)(C)c1ccc(OC2CCC(C#N)(NC)C2)cc1. The summed E-state index contributed by atoms with van der Waals surface area (Å²) < 4.78 is 6.04. The van der Waals surface area contributed by atoms with Crippen molar-refractivity contribution in [2.24, 2.45) is 0 Å². The summed E-state index contributed by atoms with van der Waals surface area (Å²) >= 11 is 0. The van der Waals surface area contributed by atoms with Crippen LogP contribution in [0.4, 0.5) is 0 Å². The monoisotopic (exact) mass is 286 g/mol. The molecule has 21 heavy (non-hydrogen) atoms. The summed E-state index contributed by atoms with van der Waals surface area (Å²) in [5, 5.41) is 12.4. The highest BCUT2D eigenvalue weighted by atomic mass is 16.5. The highest BCUT2D eigenvalue weighted by Gasteiger charge is 2.39. The van der Waals surface area contributed by atoms with Crippen molar-refractivity contribution in [3.8, 4) is 11.8 Å². The Morgan fingerprint density at radius 2 is 2.05 bits per heavy atom. The van der Waals surface area contributed by atoms with Gasteiger partial charge in [-0.2, -0.15) is 5.26 Å². The lowest BCUT2D eigenvalue weighted by atomic mass is 9.82. The molecule has 1 aliphatic carbocycles. The van der Waals surface area contributed by atoms with E-state index in [9.17, 15) is 5.26 Å². The van der Waals surface area contributed by atoms with Crippen LogP contribution in [0.1, 0.15) is 52.0 Å². The average Bonchev–Trinajstić information content (AvgIpc) is 2.92. The second kappa shape index (κ2) is 6.07. The lowest BCUT2D eigenvalue weighted by Crippen LogP contribution is -2.39. The van der Waals surface area contributed by atoms with Gasteiger partial charge in [0.1, 0.15) is 17.4 Å². The van der Waals surface area contributed by atoms with Gasteiger partial charge in [0.15, 0.2) is 0 Å². The van der Waals surface area contributed by atoms with Crippen molar-refractivity contribution in [2.75, 3.05) is 7.05 Å². The van der Waals surface area contributed by atoms with E-state index in [1.807, 2.05) is 7.05 Å². The van der Waals surface area contributed by atoms with Gasteiger partial charge in [-0.1, -0.05) is 32.9 Å². The Kier molecular flexibility index (Phi) is 4.58. The third-order valence-corrected chi connectivity index (χ3v) is 4.98. The number of hydrogen-bond acceptors (Lipinski definition) is 3. The minimum atomic E-state index is -0.408. The topological polar surface area (TPSA) is 45.0 Å². The summed E-state index contributed by atoms with van der Waals surface area (Å²) in [4.78, 5) is 0. The quantitative estimate of drug-likeness (QED) is 0.895. The van der Waals surface area contributed by atoms with E-state index in [0.717, 1.165) is 31.4 Å². The fourth-order valence-corrected chi connectivity index (χ4v) is 2.87. The van der Waals surface area contributed by atoms with Crippen LogP contribution in [0, 0.1) is 11.3 Å². The number of nitrogens with one attached hydrogen (secondary N) is 1. The van der Waals surface area contributed by atoms with E-state index in [1.54, 1.807) is 0 Å². The zero-order valence-corrected chi connectivity index (χ0v) is 13.6. The second-order valence-corrected chi connectivity index (χ2v) is 6.69.